The molecule has 0 saturated carbocycles. The normalized spacial score (nSPS) is 11.3. The van der Waals surface area contributed by atoms with Crippen LogP contribution in [-0.4, -0.2) is 30.4 Å². The molecule has 1 aromatic carbocycles. The summed E-state index contributed by atoms with van der Waals surface area (Å²) in [6, 6.07) is 7.79. The van der Waals surface area contributed by atoms with Gasteiger partial charge in [0, 0.05) is 18.1 Å². The van der Waals surface area contributed by atoms with Crippen molar-refractivity contribution in [2.75, 3.05) is 0 Å². The standard InChI is InChI=1S/C19H13Cl2FN4O2S/c1-2-25-9-10(8-23-25)26-16-11(6-7-12(20)15(16)22)17(18(26)21)29-14-5-3-4-13(24-14)19(27)28/h3-9H,2H2,1H3,(H,27,28). The van der Waals surface area contributed by atoms with Gasteiger partial charge in [0.1, 0.15) is 15.9 Å². The molecule has 0 unspecified atom stereocenters. The van der Waals surface area contributed by atoms with Crippen LogP contribution < -0.4 is 0 Å². The van der Waals surface area contributed by atoms with Gasteiger partial charge in [-0.05, 0) is 31.2 Å². The van der Waals surface area contributed by atoms with Gasteiger partial charge < -0.3 is 5.11 Å². The molecule has 0 aliphatic rings. The highest BCUT2D eigenvalue weighted by atomic mass is 35.5. The van der Waals surface area contributed by atoms with Crippen LogP contribution >= 0.6 is 35.0 Å². The zero-order valence-electron chi connectivity index (χ0n) is 14.9. The van der Waals surface area contributed by atoms with E-state index in [0.717, 1.165) is 11.8 Å². The molecule has 1 N–H and O–H groups in total. The maximum atomic E-state index is 15.0. The van der Waals surface area contributed by atoms with Crippen molar-refractivity contribution in [3.63, 3.8) is 0 Å². The molecular formula is C19H13Cl2FN4O2S. The summed E-state index contributed by atoms with van der Waals surface area (Å²) in [5, 5.41) is 14.6. The number of carbonyl (C=O) groups is 1. The minimum atomic E-state index is -1.13. The molecular weight excluding hydrogens is 438 g/mol. The van der Waals surface area contributed by atoms with E-state index in [9.17, 15) is 14.3 Å². The number of fused-ring (bicyclic) bond motifs is 1. The number of rotatable bonds is 5. The van der Waals surface area contributed by atoms with E-state index in [4.69, 9.17) is 23.2 Å². The third-order valence-electron chi connectivity index (χ3n) is 4.27. The third-order valence-corrected chi connectivity index (χ3v) is 6.09. The van der Waals surface area contributed by atoms with Gasteiger partial charge in [-0.1, -0.05) is 41.0 Å². The Morgan fingerprint density at radius 3 is 2.76 bits per heavy atom. The fraction of sp³-hybridized carbons (Fsp3) is 0.105. The van der Waals surface area contributed by atoms with Gasteiger partial charge in [-0.25, -0.2) is 14.2 Å². The first kappa shape index (κ1) is 19.8. The summed E-state index contributed by atoms with van der Waals surface area (Å²) in [5.74, 6) is -1.74. The summed E-state index contributed by atoms with van der Waals surface area (Å²) < 4.78 is 18.2. The van der Waals surface area contributed by atoms with Crippen LogP contribution in [0.1, 0.15) is 17.4 Å². The van der Waals surface area contributed by atoms with Crippen LogP contribution in [-0.2, 0) is 6.54 Å². The molecule has 3 heterocycles. The Morgan fingerprint density at radius 1 is 1.28 bits per heavy atom. The van der Waals surface area contributed by atoms with Gasteiger partial charge >= 0.3 is 5.97 Å². The Hall–Kier alpha value is -2.55. The summed E-state index contributed by atoms with van der Waals surface area (Å²) in [4.78, 5) is 15.9. The smallest absolute Gasteiger partial charge is 0.354 e. The van der Waals surface area contributed by atoms with Crippen LogP contribution in [0, 0.1) is 5.82 Å². The Bertz CT molecular complexity index is 1250. The van der Waals surface area contributed by atoms with Crippen molar-refractivity contribution in [3.05, 3.63) is 64.4 Å². The highest BCUT2D eigenvalue weighted by Gasteiger charge is 2.23. The number of aromatic nitrogens is 4. The van der Waals surface area contributed by atoms with Gasteiger partial charge in [-0.3, -0.25) is 9.25 Å². The quantitative estimate of drug-likeness (QED) is 0.432. The molecule has 0 bridgehead atoms. The zero-order chi connectivity index (χ0) is 20.7. The molecule has 0 amide bonds. The molecule has 6 nitrogen and oxygen atoms in total. The van der Waals surface area contributed by atoms with E-state index in [-0.39, 0.29) is 21.4 Å². The molecule has 0 saturated heterocycles. The van der Waals surface area contributed by atoms with Crippen LogP contribution in [0.3, 0.4) is 0 Å². The Morgan fingerprint density at radius 2 is 2.07 bits per heavy atom. The highest BCUT2D eigenvalue weighted by Crippen LogP contribution is 2.43. The topological polar surface area (TPSA) is 72.9 Å². The fourth-order valence-corrected chi connectivity index (χ4v) is 4.43. The maximum absolute atomic E-state index is 15.0. The average Bonchev–Trinajstić information content (AvgIpc) is 3.28. The lowest BCUT2D eigenvalue weighted by Gasteiger charge is -2.05. The second-order valence-corrected chi connectivity index (χ2v) is 7.83. The van der Waals surface area contributed by atoms with Gasteiger partial charge in [0.25, 0.3) is 0 Å². The number of aryl methyl sites for hydroxylation is 1. The van der Waals surface area contributed by atoms with E-state index in [0.29, 0.717) is 27.5 Å². The summed E-state index contributed by atoms with van der Waals surface area (Å²) in [5.41, 5.74) is 0.713. The van der Waals surface area contributed by atoms with Gasteiger partial charge in [0.15, 0.2) is 5.82 Å². The van der Waals surface area contributed by atoms with Gasteiger partial charge in [-0.2, -0.15) is 5.10 Å². The molecule has 148 valence electrons. The fourth-order valence-electron chi connectivity index (χ4n) is 2.93. The Kier molecular flexibility index (Phi) is 5.24. The lowest BCUT2D eigenvalue weighted by molar-refractivity contribution is 0.0689. The van der Waals surface area contributed by atoms with E-state index in [1.165, 1.54) is 12.1 Å². The number of pyridine rings is 1. The molecule has 29 heavy (non-hydrogen) atoms. The van der Waals surface area contributed by atoms with E-state index >= 15 is 0 Å². The highest BCUT2D eigenvalue weighted by molar-refractivity contribution is 7.99. The van der Waals surface area contributed by atoms with E-state index < -0.39 is 11.8 Å². The van der Waals surface area contributed by atoms with Crippen LogP contribution in [0.15, 0.2) is 52.6 Å². The maximum Gasteiger partial charge on any atom is 0.354 e. The molecule has 0 atom stereocenters. The second kappa shape index (κ2) is 7.70. The van der Waals surface area contributed by atoms with Crippen LogP contribution in [0.2, 0.25) is 10.2 Å². The van der Waals surface area contributed by atoms with Crippen LogP contribution in [0.5, 0.6) is 0 Å². The van der Waals surface area contributed by atoms with E-state index in [1.54, 1.807) is 39.8 Å². The first-order valence-corrected chi connectivity index (χ1v) is 10.1. The van der Waals surface area contributed by atoms with Gasteiger partial charge in [-0.15, -0.1) is 0 Å². The zero-order valence-corrected chi connectivity index (χ0v) is 17.3. The van der Waals surface area contributed by atoms with Crippen LogP contribution in [0.4, 0.5) is 4.39 Å². The number of halogens is 3. The molecule has 0 aliphatic carbocycles. The lowest BCUT2D eigenvalue weighted by atomic mass is 10.2. The van der Waals surface area contributed by atoms with Gasteiger partial charge in [0.2, 0.25) is 0 Å². The number of carboxylic acids is 1. The largest absolute Gasteiger partial charge is 0.477 e. The SMILES string of the molecule is CCn1cc(-n2c(Cl)c(Sc3cccc(C(=O)O)n3)c3ccc(Cl)c(F)c32)cn1. The molecule has 0 spiro atoms. The number of carboxylic acid groups (broad SMARTS) is 1. The number of aromatic carboxylic acids is 1. The summed E-state index contributed by atoms with van der Waals surface area (Å²) in [6.45, 7) is 2.58. The minimum Gasteiger partial charge on any atom is -0.477 e. The van der Waals surface area contributed by atoms with Crippen LogP contribution in [0.25, 0.3) is 16.6 Å². The van der Waals surface area contributed by atoms with Crippen molar-refractivity contribution in [2.24, 2.45) is 0 Å². The first-order valence-electron chi connectivity index (χ1n) is 8.49. The second-order valence-electron chi connectivity index (χ2n) is 6.04. The number of benzene rings is 1. The van der Waals surface area contributed by atoms with Crippen molar-refractivity contribution in [1.82, 2.24) is 19.3 Å². The molecule has 0 aliphatic heterocycles. The molecule has 0 fully saturated rings. The van der Waals surface area contributed by atoms with Crippen molar-refractivity contribution in [1.29, 1.82) is 0 Å². The third kappa shape index (κ3) is 3.48. The minimum absolute atomic E-state index is 0.0293. The predicted molar refractivity (Wildman–Crippen MR) is 110 cm³/mol. The summed E-state index contributed by atoms with van der Waals surface area (Å²) >= 11 is 13.8. The monoisotopic (exact) mass is 450 g/mol. The Labute approximate surface area is 178 Å². The van der Waals surface area contributed by atoms with Crippen molar-refractivity contribution < 1.29 is 14.3 Å². The molecule has 4 rings (SSSR count). The average molecular weight is 451 g/mol. The molecule has 4 aromatic rings. The number of hydrogen-bond donors (Lipinski definition) is 1. The predicted octanol–water partition coefficient (Wildman–Crippen LogP) is 5.54. The lowest BCUT2D eigenvalue weighted by Crippen LogP contribution is -1.99. The summed E-state index contributed by atoms with van der Waals surface area (Å²) in [7, 11) is 0. The molecule has 3 aromatic heterocycles. The molecule has 10 heteroatoms. The van der Waals surface area contributed by atoms with Crippen molar-refractivity contribution in [3.8, 4) is 5.69 Å². The summed E-state index contributed by atoms with van der Waals surface area (Å²) in [6.07, 6.45) is 3.34. The van der Waals surface area contributed by atoms with Crippen molar-refractivity contribution in [2.45, 2.75) is 23.4 Å². The number of hydrogen-bond acceptors (Lipinski definition) is 4. The number of nitrogens with zero attached hydrogens (tertiary/aromatic N) is 4. The van der Waals surface area contributed by atoms with Gasteiger partial charge in [0.05, 0.1) is 27.3 Å². The Balaban J connectivity index is 1.93. The van der Waals surface area contributed by atoms with E-state index in [2.05, 4.69) is 10.1 Å². The van der Waals surface area contributed by atoms with E-state index in [1.807, 2.05) is 6.92 Å². The first-order chi connectivity index (χ1) is 13.9. The van der Waals surface area contributed by atoms with Crippen molar-refractivity contribution >= 4 is 51.8 Å². The molecule has 0 radical (unpaired) electrons.